The molecule has 9 N–H and O–H groups in total. The van der Waals surface area contributed by atoms with Crippen molar-refractivity contribution in [1.82, 2.24) is 10.6 Å². The lowest BCUT2D eigenvalue weighted by Crippen LogP contribution is -2.70. The third-order valence-electron chi connectivity index (χ3n) is 10.9. The minimum absolute atomic E-state index is 0.163. The average molecular weight is 950 g/mol. The van der Waals surface area contributed by atoms with Crippen LogP contribution in [0.3, 0.4) is 0 Å². The van der Waals surface area contributed by atoms with Crippen LogP contribution < -0.4 is 10.6 Å². The van der Waals surface area contributed by atoms with E-state index < -0.39 is 150 Å². The number of aliphatic hydroxyl groups is 4. The van der Waals surface area contributed by atoms with E-state index in [1.54, 1.807) is 13.8 Å². The van der Waals surface area contributed by atoms with Gasteiger partial charge in [-0.05, 0) is 27.2 Å². The van der Waals surface area contributed by atoms with Crippen LogP contribution in [0.2, 0.25) is 0 Å². The molecule has 25 heteroatoms. The summed E-state index contributed by atoms with van der Waals surface area (Å²) in [6.45, 7) is 8.91. The number of aliphatic carboxylic acids is 2. The van der Waals surface area contributed by atoms with Gasteiger partial charge in [-0.3, -0.25) is 24.6 Å². The van der Waals surface area contributed by atoms with E-state index in [9.17, 15) is 64.2 Å². The predicted octanol–water partition coefficient (Wildman–Crippen LogP) is -0.445. The Morgan fingerprint density at radius 1 is 1.09 bits per heavy atom. The van der Waals surface area contributed by atoms with Crippen molar-refractivity contribution in [2.24, 2.45) is 5.92 Å². The van der Waals surface area contributed by atoms with Crippen LogP contribution in [0.4, 0.5) is 0 Å². The number of allylic oxidation sites excluding steroid dienone is 1. The normalized spacial score (nSPS) is 31.2. The summed E-state index contributed by atoms with van der Waals surface area (Å²) in [7, 11) is 1.24. The molecule has 0 radical (unpaired) electrons. The molecule has 9 unspecified atom stereocenters. The summed E-state index contributed by atoms with van der Waals surface area (Å²) < 4.78 is 40.3. The monoisotopic (exact) mass is 949 g/mol. The van der Waals surface area contributed by atoms with Crippen molar-refractivity contribution in [3.8, 4) is 0 Å². The third-order valence-corrected chi connectivity index (χ3v) is 12.2. The number of carbonyl (C=O) groups excluding carboxylic acids is 5. The highest BCUT2D eigenvalue weighted by Crippen LogP contribution is 2.42. The maximum Gasteiger partial charge on any atom is 0.354 e. The van der Waals surface area contributed by atoms with Crippen molar-refractivity contribution in [3.05, 3.63) is 23.1 Å². The summed E-state index contributed by atoms with van der Waals surface area (Å²) in [4.78, 5) is 87.0. The summed E-state index contributed by atoms with van der Waals surface area (Å²) >= 11 is 6.02. The maximum atomic E-state index is 13.9. The molecule has 2 saturated heterocycles. The number of amides is 1. The highest BCUT2D eigenvalue weighted by Gasteiger charge is 2.62. The molecule has 0 aromatic heterocycles. The van der Waals surface area contributed by atoms with E-state index in [1.165, 1.54) is 34.0 Å². The van der Waals surface area contributed by atoms with Crippen LogP contribution in [-0.2, 0) is 66.7 Å². The number of thioether (sulfide) groups is 1. The molecule has 0 bridgehead atoms. The first kappa shape index (κ1) is 53.7. The number of ketones is 1. The zero-order valence-corrected chi connectivity index (χ0v) is 37.8. The number of carboxylic acids is 2. The Hall–Kier alpha value is -4.60. The standard InChI is InChI=1S/C39H55N3O20S2/c1-9-15(3)35(52)59-17(5)39(55)16(4)58-25(11-24(39)56-8)61-30-28(46)32(38(54)12-22(45)27(40)26(31(38)47)34(50)51)60-23(13-57-19(7)44)29(30)62-36(53)20(10-2)42-37(63)64-14-21(33(48)49)41-18(6)43/h10,15-17,21,23-25,28-30,32,40,46-47,54-55H,9,11-14H2,1-8H3,(H,41,43)(H,42,63)(H,48,49)(H,50,51)/b20-10+,40-27?/t15-,16?,17-,21?,23?,24?,25?,28?,29?,30?,32-,38+,39?/m0/s1. The van der Waals surface area contributed by atoms with Gasteiger partial charge in [-0.25, -0.2) is 14.4 Å². The molecule has 2 heterocycles. The fraction of sp³-hybridized carbons (Fsp3) is 0.667. The number of ether oxygens (including phenoxy) is 7. The Morgan fingerprint density at radius 2 is 1.73 bits per heavy atom. The number of hydrogen-bond acceptors (Lipinski definition) is 21. The summed E-state index contributed by atoms with van der Waals surface area (Å²) in [6, 6.07) is -1.36. The Bertz CT molecular complexity index is 1910. The van der Waals surface area contributed by atoms with Gasteiger partial charge in [0.2, 0.25) is 5.91 Å². The van der Waals surface area contributed by atoms with Gasteiger partial charge in [0.25, 0.3) is 0 Å². The largest absolute Gasteiger partial charge is 0.508 e. The van der Waals surface area contributed by atoms with E-state index in [0.29, 0.717) is 6.42 Å². The number of esters is 3. The molecule has 0 saturated carbocycles. The molecular formula is C39H55N3O20S2. The quantitative estimate of drug-likeness (QED) is 0.0364. The first-order valence-corrected chi connectivity index (χ1v) is 21.2. The van der Waals surface area contributed by atoms with Crippen molar-refractivity contribution >= 4 is 75.5 Å². The fourth-order valence-electron chi connectivity index (χ4n) is 7.15. The zero-order valence-electron chi connectivity index (χ0n) is 36.2. The molecule has 358 valence electrons. The molecule has 1 amide bonds. The number of hydrogen-bond donors (Lipinski definition) is 9. The number of Topliss-reactive ketones (excluding diaryl/α,β-unsaturated/α-hetero) is 1. The van der Waals surface area contributed by atoms with Gasteiger partial charge >= 0.3 is 29.8 Å². The van der Waals surface area contributed by atoms with Crippen LogP contribution in [0.15, 0.2) is 23.1 Å². The molecule has 1 aliphatic carbocycles. The SMILES string of the molecule is C/C=C(/NC(=S)SCC(NC(C)=O)C(=O)O)C(=O)OC1C(COC(C)=O)O[C@H]([C@@]2(O)CC(=O)C(=N)C(C(=O)O)=C2O)C(O)C1OC1CC(OC)C(O)([C@H](C)OC(=O)[C@@H](C)CC)C(C)O1. The number of methoxy groups -OCH3 is 1. The molecule has 0 spiro atoms. The van der Waals surface area contributed by atoms with Crippen LogP contribution in [0, 0.1) is 11.3 Å². The first-order valence-electron chi connectivity index (χ1n) is 19.8. The molecule has 3 rings (SSSR count). The lowest BCUT2D eigenvalue weighted by atomic mass is 9.74. The number of rotatable bonds is 18. The molecular weight excluding hydrogens is 895 g/mol. The van der Waals surface area contributed by atoms with Gasteiger partial charge in [0.15, 0.2) is 29.4 Å². The van der Waals surface area contributed by atoms with E-state index in [4.69, 9.17) is 50.8 Å². The molecule has 0 aromatic carbocycles. The number of carboxylic acid groups (broad SMARTS) is 2. The Kier molecular flexibility index (Phi) is 18.9. The molecule has 3 aliphatic rings. The average Bonchev–Trinajstić information content (AvgIpc) is 3.21. The second-order valence-electron chi connectivity index (χ2n) is 15.2. The first-order chi connectivity index (χ1) is 29.8. The van der Waals surface area contributed by atoms with Crippen molar-refractivity contribution in [3.63, 3.8) is 0 Å². The highest BCUT2D eigenvalue weighted by molar-refractivity contribution is 8.23. The van der Waals surface area contributed by atoms with Crippen molar-refractivity contribution in [2.75, 3.05) is 19.5 Å². The number of carbonyl (C=O) groups is 7. The molecule has 23 nitrogen and oxygen atoms in total. The number of nitrogens with one attached hydrogen (secondary N) is 3. The Labute approximate surface area is 376 Å². The van der Waals surface area contributed by atoms with Crippen LogP contribution in [0.5, 0.6) is 0 Å². The second-order valence-corrected chi connectivity index (χ2v) is 16.9. The minimum Gasteiger partial charge on any atom is -0.508 e. The lowest BCUT2D eigenvalue weighted by Gasteiger charge is -2.52. The third kappa shape index (κ3) is 12.2. The van der Waals surface area contributed by atoms with Gasteiger partial charge in [0.1, 0.15) is 70.2 Å². The number of thiocarbonyl (C=S) groups is 1. The summed E-state index contributed by atoms with van der Waals surface area (Å²) in [5.41, 5.74) is -7.97. The van der Waals surface area contributed by atoms with E-state index in [-0.39, 0.29) is 22.2 Å². The fourth-order valence-corrected chi connectivity index (χ4v) is 8.19. The lowest BCUT2D eigenvalue weighted by molar-refractivity contribution is -0.345. The van der Waals surface area contributed by atoms with Crippen LogP contribution in [0.1, 0.15) is 67.7 Å². The second kappa shape index (κ2) is 22.5. The topological polar surface area (TPSA) is 353 Å². The van der Waals surface area contributed by atoms with E-state index >= 15 is 0 Å². The van der Waals surface area contributed by atoms with Crippen LogP contribution >= 0.6 is 24.0 Å². The van der Waals surface area contributed by atoms with Gasteiger partial charge in [-0.2, -0.15) is 0 Å². The Balaban J connectivity index is 2.11. The van der Waals surface area contributed by atoms with E-state index in [2.05, 4.69) is 10.6 Å². The van der Waals surface area contributed by atoms with Gasteiger partial charge in [0.05, 0.1) is 24.5 Å². The predicted molar refractivity (Wildman–Crippen MR) is 223 cm³/mol. The van der Waals surface area contributed by atoms with Gasteiger partial charge in [0, 0.05) is 33.1 Å². The van der Waals surface area contributed by atoms with Crippen molar-refractivity contribution in [1.29, 1.82) is 5.41 Å². The highest BCUT2D eigenvalue weighted by atomic mass is 32.2. The zero-order chi connectivity index (χ0) is 48.6. The molecule has 0 aromatic rings. The van der Waals surface area contributed by atoms with E-state index in [1.807, 2.05) is 0 Å². The van der Waals surface area contributed by atoms with Gasteiger partial charge in [-0.15, -0.1) is 0 Å². The molecule has 2 fully saturated rings. The van der Waals surface area contributed by atoms with Crippen LogP contribution in [0.25, 0.3) is 0 Å². The van der Waals surface area contributed by atoms with Crippen molar-refractivity contribution in [2.45, 2.75) is 140 Å². The summed E-state index contributed by atoms with van der Waals surface area (Å²) in [6.07, 6.45) is -15.4. The minimum atomic E-state index is -3.10. The summed E-state index contributed by atoms with van der Waals surface area (Å²) in [5, 5.41) is 79.2. The molecule has 2 aliphatic heterocycles. The number of aliphatic hydroxyl groups excluding tert-OH is 2. The Morgan fingerprint density at radius 3 is 2.27 bits per heavy atom. The molecule has 64 heavy (non-hydrogen) atoms. The van der Waals surface area contributed by atoms with E-state index in [0.717, 1.165) is 25.6 Å². The molecule has 13 atom stereocenters. The van der Waals surface area contributed by atoms with Crippen molar-refractivity contribution < 1.29 is 97.4 Å². The maximum absolute atomic E-state index is 13.9. The summed E-state index contributed by atoms with van der Waals surface area (Å²) in [5.74, 6) is -10.2. The smallest absolute Gasteiger partial charge is 0.354 e. The van der Waals surface area contributed by atoms with Crippen LogP contribution in [-0.4, -0.2) is 174 Å². The van der Waals surface area contributed by atoms with Gasteiger partial charge in [-0.1, -0.05) is 43.9 Å². The van der Waals surface area contributed by atoms with Gasteiger partial charge < -0.3 is 74.4 Å².